The minimum absolute atomic E-state index is 0.0592. The van der Waals surface area contributed by atoms with Crippen LogP contribution in [0.15, 0.2) is 12.3 Å². The molecule has 0 aromatic carbocycles. The lowest BCUT2D eigenvalue weighted by Gasteiger charge is -2.23. The van der Waals surface area contributed by atoms with E-state index < -0.39 is 11.9 Å². The van der Waals surface area contributed by atoms with Gasteiger partial charge >= 0.3 is 0 Å². The Morgan fingerprint density at radius 3 is 2.86 bits per heavy atom. The van der Waals surface area contributed by atoms with Crippen LogP contribution in [0.3, 0.4) is 0 Å². The molecule has 1 fully saturated rings. The van der Waals surface area contributed by atoms with Gasteiger partial charge in [0.1, 0.15) is 11.7 Å². The van der Waals surface area contributed by atoms with E-state index in [0.717, 1.165) is 25.9 Å². The van der Waals surface area contributed by atoms with Crippen molar-refractivity contribution in [2.24, 2.45) is 11.7 Å². The summed E-state index contributed by atoms with van der Waals surface area (Å²) in [5.41, 5.74) is 5.61. The highest BCUT2D eigenvalue weighted by Crippen LogP contribution is 2.15. The van der Waals surface area contributed by atoms with E-state index in [0.29, 0.717) is 5.69 Å². The molecule has 7 nitrogen and oxygen atoms in total. The van der Waals surface area contributed by atoms with Crippen molar-refractivity contribution in [1.29, 1.82) is 0 Å². The number of nitrogens with one attached hydrogen (secondary N) is 2. The van der Waals surface area contributed by atoms with Crippen molar-refractivity contribution in [2.45, 2.75) is 38.8 Å². The molecule has 7 heteroatoms. The third-order valence-electron chi connectivity index (χ3n) is 3.75. The second-order valence-corrected chi connectivity index (χ2v) is 5.78. The summed E-state index contributed by atoms with van der Waals surface area (Å²) < 4.78 is 1.82. The van der Waals surface area contributed by atoms with Crippen LogP contribution in [-0.2, 0) is 4.79 Å². The molecule has 2 rings (SSSR count). The first-order valence-corrected chi connectivity index (χ1v) is 7.35. The van der Waals surface area contributed by atoms with E-state index in [1.165, 1.54) is 0 Å². The van der Waals surface area contributed by atoms with Gasteiger partial charge in [0.25, 0.3) is 5.91 Å². The largest absolute Gasteiger partial charge is 0.368 e. The Labute approximate surface area is 124 Å². The Morgan fingerprint density at radius 1 is 1.52 bits per heavy atom. The van der Waals surface area contributed by atoms with Crippen molar-refractivity contribution < 1.29 is 9.59 Å². The number of carbonyl (C=O) groups is 2. The van der Waals surface area contributed by atoms with E-state index in [2.05, 4.69) is 15.7 Å². The maximum atomic E-state index is 12.1. The maximum absolute atomic E-state index is 12.1. The molecular formula is C14H23N5O2. The zero-order valence-electron chi connectivity index (χ0n) is 12.5. The summed E-state index contributed by atoms with van der Waals surface area (Å²) in [6, 6.07) is 1.26. The Balaban J connectivity index is 2.02. The molecule has 1 aliphatic heterocycles. The molecule has 4 N–H and O–H groups in total. The Morgan fingerprint density at radius 2 is 2.29 bits per heavy atom. The van der Waals surface area contributed by atoms with E-state index in [1.807, 2.05) is 18.5 Å². The first kappa shape index (κ1) is 15.5. The molecule has 0 radical (unpaired) electrons. The van der Waals surface area contributed by atoms with Crippen molar-refractivity contribution in [3.05, 3.63) is 18.0 Å². The average molecular weight is 293 g/mol. The van der Waals surface area contributed by atoms with E-state index >= 15 is 0 Å². The van der Waals surface area contributed by atoms with E-state index in [-0.39, 0.29) is 17.9 Å². The normalized spacial score (nSPS) is 20.2. The lowest BCUT2D eigenvalue weighted by molar-refractivity contribution is -0.120. The van der Waals surface area contributed by atoms with Crippen molar-refractivity contribution in [1.82, 2.24) is 20.4 Å². The molecule has 21 heavy (non-hydrogen) atoms. The summed E-state index contributed by atoms with van der Waals surface area (Å²) in [5, 5.41) is 10.3. The molecule has 1 aromatic heterocycles. The van der Waals surface area contributed by atoms with Crippen LogP contribution in [0.4, 0.5) is 0 Å². The number of amides is 2. The van der Waals surface area contributed by atoms with Crippen LogP contribution >= 0.6 is 0 Å². The smallest absolute Gasteiger partial charge is 0.272 e. The number of primary amides is 1. The number of nitrogens with two attached hydrogens (primary N) is 1. The Hall–Kier alpha value is -1.89. The fourth-order valence-corrected chi connectivity index (χ4v) is 2.50. The molecule has 0 aliphatic carbocycles. The van der Waals surface area contributed by atoms with Gasteiger partial charge in [-0.15, -0.1) is 0 Å². The SMILES string of the molecule is CC(C)C(NC(=O)c1ccn(C2CCCNC2)n1)C(N)=O. The van der Waals surface area contributed by atoms with Gasteiger partial charge < -0.3 is 16.4 Å². The lowest BCUT2D eigenvalue weighted by Crippen LogP contribution is -2.47. The Bertz CT molecular complexity index is 505. The zero-order valence-corrected chi connectivity index (χ0v) is 12.5. The number of carbonyl (C=O) groups excluding carboxylic acids is 2. The van der Waals surface area contributed by atoms with Crippen molar-refractivity contribution in [2.75, 3.05) is 13.1 Å². The fraction of sp³-hybridized carbons (Fsp3) is 0.643. The van der Waals surface area contributed by atoms with Gasteiger partial charge in [0.15, 0.2) is 0 Å². The van der Waals surface area contributed by atoms with Crippen LogP contribution < -0.4 is 16.4 Å². The number of hydrogen-bond donors (Lipinski definition) is 3. The van der Waals surface area contributed by atoms with Gasteiger partial charge in [-0.2, -0.15) is 5.10 Å². The van der Waals surface area contributed by atoms with Crippen molar-refractivity contribution in [3.8, 4) is 0 Å². The second-order valence-electron chi connectivity index (χ2n) is 5.78. The zero-order chi connectivity index (χ0) is 15.4. The number of aromatic nitrogens is 2. The molecule has 1 aliphatic rings. The van der Waals surface area contributed by atoms with Crippen LogP contribution in [0.25, 0.3) is 0 Å². The van der Waals surface area contributed by atoms with Gasteiger partial charge in [-0.1, -0.05) is 13.8 Å². The number of nitrogens with zero attached hydrogens (tertiary/aromatic N) is 2. The third-order valence-corrected chi connectivity index (χ3v) is 3.75. The van der Waals surface area contributed by atoms with Gasteiger partial charge in [0, 0.05) is 12.7 Å². The van der Waals surface area contributed by atoms with Crippen LogP contribution in [0.5, 0.6) is 0 Å². The van der Waals surface area contributed by atoms with Gasteiger partial charge in [-0.25, -0.2) is 0 Å². The van der Waals surface area contributed by atoms with Crippen molar-refractivity contribution >= 4 is 11.8 Å². The molecule has 0 bridgehead atoms. The highest BCUT2D eigenvalue weighted by molar-refractivity contribution is 5.95. The Kier molecular flexibility index (Phi) is 4.95. The highest BCUT2D eigenvalue weighted by Gasteiger charge is 2.24. The molecule has 1 saturated heterocycles. The maximum Gasteiger partial charge on any atom is 0.272 e. The van der Waals surface area contributed by atoms with E-state index in [4.69, 9.17) is 5.73 Å². The lowest BCUT2D eigenvalue weighted by atomic mass is 10.0. The summed E-state index contributed by atoms with van der Waals surface area (Å²) in [6.45, 7) is 5.56. The predicted molar refractivity (Wildman–Crippen MR) is 78.7 cm³/mol. The first-order chi connectivity index (χ1) is 9.99. The first-order valence-electron chi connectivity index (χ1n) is 7.35. The summed E-state index contributed by atoms with van der Waals surface area (Å²) in [4.78, 5) is 23.5. The van der Waals surface area contributed by atoms with Gasteiger partial charge in [0.05, 0.1) is 6.04 Å². The van der Waals surface area contributed by atoms with Gasteiger partial charge in [-0.05, 0) is 31.4 Å². The number of piperidine rings is 1. The van der Waals surface area contributed by atoms with Gasteiger partial charge in [0.2, 0.25) is 5.91 Å². The molecule has 2 atom stereocenters. The van der Waals surface area contributed by atoms with E-state index in [1.54, 1.807) is 12.3 Å². The molecule has 2 amide bonds. The summed E-state index contributed by atoms with van der Waals surface area (Å²) in [6.07, 6.45) is 3.95. The number of rotatable bonds is 5. The molecule has 0 saturated carbocycles. The van der Waals surface area contributed by atoms with Crippen LogP contribution in [0.2, 0.25) is 0 Å². The van der Waals surface area contributed by atoms with Crippen molar-refractivity contribution in [3.63, 3.8) is 0 Å². The minimum Gasteiger partial charge on any atom is -0.368 e. The molecule has 2 unspecified atom stereocenters. The summed E-state index contributed by atoms with van der Waals surface area (Å²) in [5.74, 6) is -0.958. The van der Waals surface area contributed by atoms with E-state index in [9.17, 15) is 9.59 Å². The predicted octanol–water partition coefficient (Wildman–Crippen LogP) is 0.0473. The summed E-state index contributed by atoms with van der Waals surface area (Å²) in [7, 11) is 0. The highest BCUT2D eigenvalue weighted by atomic mass is 16.2. The fourth-order valence-electron chi connectivity index (χ4n) is 2.50. The molecule has 2 heterocycles. The van der Waals surface area contributed by atoms with Crippen LogP contribution in [0.1, 0.15) is 43.2 Å². The monoisotopic (exact) mass is 293 g/mol. The minimum atomic E-state index is -0.681. The molecular weight excluding hydrogens is 270 g/mol. The quantitative estimate of drug-likeness (QED) is 0.713. The topological polar surface area (TPSA) is 102 Å². The second kappa shape index (κ2) is 6.71. The average Bonchev–Trinajstić information content (AvgIpc) is 2.94. The molecule has 116 valence electrons. The molecule has 1 aromatic rings. The third kappa shape index (κ3) is 3.81. The van der Waals surface area contributed by atoms with Crippen LogP contribution in [-0.4, -0.2) is 40.7 Å². The standard InChI is InChI=1S/C14H23N5O2/c1-9(2)12(13(15)20)17-14(21)11-5-7-19(18-11)10-4-3-6-16-8-10/h5,7,9-10,12,16H,3-4,6,8H2,1-2H3,(H2,15,20)(H,17,21). The number of hydrogen-bond acceptors (Lipinski definition) is 4. The van der Waals surface area contributed by atoms with Crippen LogP contribution in [0, 0.1) is 5.92 Å². The van der Waals surface area contributed by atoms with Gasteiger partial charge in [-0.3, -0.25) is 14.3 Å². The summed E-state index contributed by atoms with van der Waals surface area (Å²) >= 11 is 0. The molecule has 0 spiro atoms.